The van der Waals surface area contributed by atoms with E-state index in [1.54, 1.807) is 0 Å². The molecule has 4 heteroatoms. The van der Waals surface area contributed by atoms with Crippen molar-refractivity contribution in [2.45, 2.75) is 50.4 Å². The van der Waals surface area contributed by atoms with E-state index in [9.17, 15) is 0 Å². The highest BCUT2D eigenvalue weighted by molar-refractivity contribution is 6.28. The molecule has 0 saturated carbocycles. The lowest BCUT2D eigenvalue weighted by Gasteiger charge is -2.27. The molecule has 2 aliphatic carbocycles. The SMILES string of the molecule is Clc1nc(C2CCCc3ccccc32)nc(C2CCCc3ccccc32)n1. The summed E-state index contributed by atoms with van der Waals surface area (Å²) < 4.78 is 0. The van der Waals surface area contributed by atoms with Gasteiger partial charge < -0.3 is 0 Å². The highest BCUT2D eigenvalue weighted by Gasteiger charge is 2.28. The smallest absolute Gasteiger partial charge is 0.217 e. The third-order valence-electron chi connectivity index (χ3n) is 6.00. The minimum Gasteiger partial charge on any atom is -0.217 e. The molecule has 27 heavy (non-hydrogen) atoms. The maximum absolute atomic E-state index is 6.38. The van der Waals surface area contributed by atoms with Crippen molar-refractivity contribution in [2.24, 2.45) is 0 Å². The molecule has 0 spiro atoms. The molecule has 0 bridgehead atoms. The van der Waals surface area contributed by atoms with Crippen LogP contribution < -0.4 is 0 Å². The molecule has 5 rings (SSSR count). The average Bonchev–Trinajstić information content (AvgIpc) is 2.72. The molecule has 0 aliphatic heterocycles. The van der Waals surface area contributed by atoms with Crippen LogP contribution in [0.5, 0.6) is 0 Å². The topological polar surface area (TPSA) is 38.7 Å². The Kier molecular flexibility index (Phi) is 4.41. The number of aryl methyl sites for hydroxylation is 2. The molecule has 0 N–H and O–H groups in total. The van der Waals surface area contributed by atoms with Gasteiger partial charge in [0.15, 0.2) is 0 Å². The van der Waals surface area contributed by atoms with Crippen molar-refractivity contribution in [3.63, 3.8) is 0 Å². The Morgan fingerprint density at radius 1 is 0.667 bits per heavy atom. The normalized spacial score (nSPS) is 21.4. The molecule has 0 fully saturated rings. The van der Waals surface area contributed by atoms with E-state index >= 15 is 0 Å². The molecule has 0 saturated heterocycles. The van der Waals surface area contributed by atoms with E-state index in [0.717, 1.165) is 50.2 Å². The zero-order chi connectivity index (χ0) is 18.2. The van der Waals surface area contributed by atoms with Gasteiger partial charge in [0.2, 0.25) is 5.28 Å². The van der Waals surface area contributed by atoms with E-state index in [1.807, 2.05) is 0 Å². The van der Waals surface area contributed by atoms with E-state index in [4.69, 9.17) is 16.6 Å². The molecule has 2 aliphatic rings. The molecular weight excluding hydrogens is 354 g/mol. The number of benzene rings is 2. The summed E-state index contributed by atoms with van der Waals surface area (Å²) in [4.78, 5) is 14.1. The number of hydrogen-bond acceptors (Lipinski definition) is 3. The first-order valence-electron chi connectivity index (χ1n) is 9.86. The number of nitrogens with zero attached hydrogens (tertiary/aromatic N) is 3. The minimum atomic E-state index is 0.216. The first-order valence-corrected chi connectivity index (χ1v) is 10.2. The summed E-state index contributed by atoms with van der Waals surface area (Å²) in [5.74, 6) is 2.10. The van der Waals surface area contributed by atoms with E-state index in [1.165, 1.54) is 22.3 Å². The summed E-state index contributed by atoms with van der Waals surface area (Å²) in [6, 6.07) is 17.3. The molecule has 136 valence electrons. The van der Waals surface area contributed by atoms with Crippen LogP contribution in [0, 0.1) is 0 Å². The average molecular weight is 376 g/mol. The molecule has 3 aromatic rings. The minimum absolute atomic E-state index is 0.216. The van der Waals surface area contributed by atoms with Gasteiger partial charge in [0.1, 0.15) is 11.6 Å². The van der Waals surface area contributed by atoms with Crippen molar-refractivity contribution >= 4 is 11.6 Å². The Morgan fingerprint density at radius 3 is 1.67 bits per heavy atom. The van der Waals surface area contributed by atoms with Gasteiger partial charge in [-0.05, 0) is 72.4 Å². The van der Waals surface area contributed by atoms with Crippen molar-refractivity contribution in [1.82, 2.24) is 15.0 Å². The fourth-order valence-electron chi connectivity index (χ4n) is 4.74. The Morgan fingerprint density at radius 2 is 1.15 bits per heavy atom. The molecule has 0 radical (unpaired) electrons. The predicted molar refractivity (Wildman–Crippen MR) is 107 cm³/mol. The fourth-order valence-corrected chi connectivity index (χ4v) is 4.91. The van der Waals surface area contributed by atoms with Crippen LogP contribution in [0.3, 0.4) is 0 Å². The van der Waals surface area contributed by atoms with Crippen LogP contribution in [0.1, 0.15) is 71.4 Å². The Balaban J connectivity index is 1.58. The Bertz CT molecular complexity index is 909. The second kappa shape index (κ2) is 7.05. The molecule has 0 amide bonds. The molecule has 2 atom stereocenters. The maximum Gasteiger partial charge on any atom is 0.225 e. The van der Waals surface area contributed by atoms with Crippen LogP contribution in [0.2, 0.25) is 5.28 Å². The lowest BCUT2D eigenvalue weighted by molar-refractivity contribution is 0.557. The van der Waals surface area contributed by atoms with Gasteiger partial charge in [-0.2, -0.15) is 0 Å². The van der Waals surface area contributed by atoms with Crippen LogP contribution in [-0.2, 0) is 12.8 Å². The van der Waals surface area contributed by atoms with Crippen LogP contribution in [0.25, 0.3) is 0 Å². The highest BCUT2D eigenvalue weighted by Crippen LogP contribution is 2.38. The van der Waals surface area contributed by atoms with Gasteiger partial charge in [-0.25, -0.2) is 15.0 Å². The second-order valence-electron chi connectivity index (χ2n) is 7.61. The van der Waals surface area contributed by atoms with Gasteiger partial charge in [-0.1, -0.05) is 48.5 Å². The molecular formula is C23H22ClN3. The zero-order valence-electron chi connectivity index (χ0n) is 15.2. The largest absolute Gasteiger partial charge is 0.225 e. The van der Waals surface area contributed by atoms with Crippen molar-refractivity contribution < 1.29 is 0 Å². The summed E-state index contributed by atoms with van der Waals surface area (Å²) in [7, 11) is 0. The molecule has 2 unspecified atom stereocenters. The van der Waals surface area contributed by atoms with Crippen molar-refractivity contribution in [3.05, 3.63) is 87.7 Å². The van der Waals surface area contributed by atoms with Crippen molar-refractivity contribution in [3.8, 4) is 0 Å². The Hall–Kier alpha value is -2.26. The maximum atomic E-state index is 6.38. The molecule has 1 aromatic heterocycles. The number of fused-ring (bicyclic) bond motifs is 2. The monoisotopic (exact) mass is 375 g/mol. The number of halogens is 1. The van der Waals surface area contributed by atoms with Gasteiger partial charge in [-0.3, -0.25) is 0 Å². The Labute approximate surface area is 164 Å². The van der Waals surface area contributed by atoms with E-state index < -0.39 is 0 Å². The van der Waals surface area contributed by atoms with Crippen LogP contribution in [0.15, 0.2) is 48.5 Å². The lowest BCUT2D eigenvalue weighted by atomic mass is 9.81. The zero-order valence-corrected chi connectivity index (χ0v) is 16.0. The molecule has 1 heterocycles. The van der Waals surface area contributed by atoms with E-state index in [2.05, 4.69) is 58.5 Å². The van der Waals surface area contributed by atoms with Gasteiger partial charge in [0, 0.05) is 11.8 Å². The summed E-state index contributed by atoms with van der Waals surface area (Å²) >= 11 is 6.38. The summed E-state index contributed by atoms with van der Waals surface area (Å²) in [6.45, 7) is 0. The first-order chi connectivity index (χ1) is 13.3. The quantitative estimate of drug-likeness (QED) is 0.596. The second-order valence-corrected chi connectivity index (χ2v) is 7.95. The lowest BCUT2D eigenvalue weighted by Crippen LogP contribution is -2.19. The van der Waals surface area contributed by atoms with Gasteiger partial charge in [-0.15, -0.1) is 0 Å². The summed E-state index contributed by atoms with van der Waals surface area (Å²) in [6.07, 6.45) is 6.72. The standard InChI is InChI=1S/C23H22ClN3/c24-23-26-21(19-13-5-9-15-7-1-3-11-17(15)19)25-22(27-23)20-14-6-10-16-8-2-4-12-18(16)20/h1-4,7-8,11-12,19-20H,5-6,9-10,13-14H2. The van der Waals surface area contributed by atoms with Gasteiger partial charge >= 0.3 is 0 Å². The number of hydrogen-bond donors (Lipinski definition) is 0. The van der Waals surface area contributed by atoms with Crippen molar-refractivity contribution in [2.75, 3.05) is 0 Å². The third-order valence-corrected chi connectivity index (χ3v) is 6.17. The van der Waals surface area contributed by atoms with Gasteiger partial charge in [0.05, 0.1) is 0 Å². The highest BCUT2D eigenvalue weighted by atomic mass is 35.5. The first kappa shape index (κ1) is 16.9. The number of aromatic nitrogens is 3. The molecule has 3 nitrogen and oxygen atoms in total. The molecule has 2 aromatic carbocycles. The predicted octanol–water partition coefficient (Wildman–Crippen LogP) is 5.46. The summed E-state index contributed by atoms with van der Waals surface area (Å²) in [5.41, 5.74) is 5.52. The number of rotatable bonds is 2. The van der Waals surface area contributed by atoms with E-state index in [0.29, 0.717) is 5.28 Å². The van der Waals surface area contributed by atoms with Gasteiger partial charge in [0.25, 0.3) is 0 Å². The van der Waals surface area contributed by atoms with Crippen molar-refractivity contribution in [1.29, 1.82) is 0 Å². The van der Waals surface area contributed by atoms with Crippen LogP contribution in [-0.4, -0.2) is 15.0 Å². The van der Waals surface area contributed by atoms with Crippen LogP contribution in [0.4, 0.5) is 0 Å². The van der Waals surface area contributed by atoms with Crippen LogP contribution >= 0.6 is 11.6 Å². The fraction of sp³-hybridized carbons (Fsp3) is 0.348. The van der Waals surface area contributed by atoms with E-state index in [-0.39, 0.29) is 11.8 Å². The third kappa shape index (κ3) is 3.14. The summed E-state index contributed by atoms with van der Waals surface area (Å²) in [5, 5.41) is 0.320.